The van der Waals surface area contributed by atoms with E-state index in [0.29, 0.717) is 23.6 Å². The van der Waals surface area contributed by atoms with Crippen LogP contribution in [0, 0.1) is 5.82 Å². The standard InChI is InChI=1S/C24H24F4N6/c1-5-8-17(18-9-6-11-21(31-18)24(26,27)28)32-23(20-10-7-12-34(20)4)33-19-13-22(30-15(2)3)29-14-16(19)25/h6-14H,2,5H2,1,3-4H3,(H2,29,30,32,33)/b17-8+. The van der Waals surface area contributed by atoms with Crippen LogP contribution < -0.4 is 10.6 Å². The van der Waals surface area contributed by atoms with E-state index in [1.54, 1.807) is 42.9 Å². The van der Waals surface area contributed by atoms with Gasteiger partial charge in [-0.1, -0.05) is 25.6 Å². The lowest BCUT2D eigenvalue weighted by molar-refractivity contribution is -0.141. The molecular weight excluding hydrogens is 448 g/mol. The van der Waals surface area contributed by atoms with Crippen LogP contribution in [-0.4, -0.2) is 20.4 Å². The zero-order chi connectivity index (χ0) is 24.9. The van der Waals surface area contributed by atoms with E-state index < -0.39 is 17.7 Å². The summed E-state index contributed by atoms with van der Waals surface area (Å²) >= 11 is 0. The maximum absolute atomic E-state index is 14.6. The third-order valence-corrected chi connectivity index (χ3v) is 4.57. The molecule has 0 aliphatic carbocycles. The highest BCUT2D eigenvalue weighted by Crippen LogP contribution is 2.29. The lowest BCUT2D eigenvalue weighted by Gasteiger charge is -2.15. The van der Waals surface area contributed by atoms with E-state index in [9.17, 15) is 17.6 Å². The highest BCUT2D eigenvalue weighted by molar-refractivity contribution is 6.09. The van der Waals surface area contributed by atoms with Gasteiger partial charge in [-0.25, -0.2) is 19.4 Å². The quantitative estimate of drug-likeness (QED) is 0.243. The first kappa shape index (κ1) is 24.7. The summed E-state index contributed by atoms with van der Waals surface area (Å²) in [4.78, 5) is 12.3. The molecule has 0 fully saturated rings. The molecule has 0 spiro atoms. The van der Waals surface area contributed by atoms with E-state index in [1.165, 1.54) is 18.2 Å². The number of aromatic nitrogens is 3. The first-order valence-corrected chi connectivity index (χ1v) is 10.4. The van der Waals surface area contributed by atoms with E-state index in [0.717, 1.165) is 12.3 Å². The molecule has 0 aliphatic rings. The van der Waals surface area contributed by atoms with Gasteiger partial charge in [-0.05, 0) is 37.6 Å². The van der Waals surface area contributed by atoms with Gasteiger partial charge in [-0.2, -0.15) is 13.2 Å². The number of hydrogen-bond acceptors (Lipinski definition) is 4. The third kappa shape index (κ3) is 6.09. The molecular formula is C24H24F4N6. The maximum atomic E-state index is 14.6. The molecule has 0 bridgehead atoms. The van der Waals surface area contributed by atoms with Gasteiger partial charge in [0.2, 0.25) is 0 Å². The van der Waals surface area contributed by atoms with E-state index >= 15 is 0 Å². The highest BCUT2D eigenvalue weighted by atomic mass is 19.4. The van der Waals surface area contributed by atoms with E-state index in [4.69, 9.17) is 0 Å². The summed E-state index contributed by atoms with van der Waals surface area (Å²) in [5, 5.41) is 5.88. The van der Waals surface area contributed by atoms with Gasteiger partial charge in [-0.3, -0.25) is 0 Å². The fourth-order valence-electron chi connectivity index (χ4n) is 3.06. The van der Waals surface area contributed by atoms with Crippen molar-refractivity contribution in [1.29, 1.82) is 0 Å². The minimum Gasteiger partial charge on any atom is -0.348 e. The predicted molar refractivity (Wildman–Crippen MR) is 126 cm³/mol. The lowest BCUT2D eigenvalue weighted by Crippen LogP contribution is -2.18. The molecule has 0 radical (unpaired) electrons. The smallest absolute Gasteiger partial charge is 0.348 e. The molecule has 3 aromatic heterocycles. The van der Waals surface area contributed by atoms with Crippen LogP contribution in [0.1, 0.15) is 37.4 Å². The number of nitrogens with zero attached hydrogens (tertiary/aromatic N) is 4. The van der Waals surface area contributed by atoms with E-state index in [-0.39, 0.29) is 22.9 Å². The van der Waals surface area contributed by atoms with Crippen molar-refractivity contribution in [3.05, 3.63) is 90.0 Å². The van der Waals surface area contributed by atoms with Crippen molar-refractivity contribution >= 4 is 23.0 Å². The Morgan fingerprint density at radius 1 is 1.21 bits per heavy atom. The van der Waals surface area contributed by atoms with Crippen LogP contribution in [0.3, 0.4) is 0 Å². The molecule has 10 heteroatoms. The van der Waals surface area contributed by atoms with Crippen molar-refractivity contribution in [2.45, 2.75) is 26.4 Å². The van der Waals surface area contributed by atoms with Crippen LogP contribution in [0.5, 0.6) is 0 Å². The molecule has 0 aromatic carbocycles. The molecule has 2 N–H and O–H groups in total. The average molecular weight is 472 g/mol. The number of amidine groups is 1. The summed E-state index contributed by atoms with van der Waals surface area (Å²) in [6.45, 7) is 7.31. The number of rotatable bonds is 7. The van der Waals surface area contributed by atoms with Crippen LogP contribution in [0.2, 0.25) is 0 Å². The summed E-state index contributed by atoms with van der Waals surface area (Å²) in [5.74, 6) is -0.0447. The molecule has 0 aliphatic heterocycles. The second-order valence-corrected chi connectivity index (χ2v) is 7.45. The number of aryl methyl sites for hydroxylation is 1. The van der Waals surface area contributed by atoms with Crippen molar-refractivity contribution in [2.24, 2.45) is 12.0 Å². The summed E-state index contributed by atoms with van der Waals surface area (Å²) in [7, 11) is 1.77. The Labute approximate surface area is 194 Å². The Balaban J connectivity index is 2.11. The molecule has 178 valence electrons. The second-order valence-electron chi connectivity index (χ2n) is 7.45. The molecule has 0 amide bonds. The molecule has 3 aromatic rings. The van der Waals surface area contributed by atoms with Gasteiger partial charge in [-0.15, -0.1) is 0 Å². The van der Waals surface area contributed by atoms with Crippen molar-refractivity contribution in [3.8, 4) is 0 Å². The van der Waals surface area contributed by atoms with E-state index in [1.807, 2.05) is 6.92 Å². The Morgan fingerprint density at radius 2 is 1.97 bits per heavy atom. The van der Waals surface area contributed by atoms with Crippen molar-refractivity contribution < 1.29 is 17.6 Å². The first-order valence-electron chi connectivity index (χ1n) is 10.4. The molecule has 0 saturated carbocycles. The van der Waals surface area contributed by atoms with Crippen LogP contribution in [0.15, 0.2) is 72.1 Å². The zero-order valence-corrected chi connectivity index (χ0v) is 18.9. The average Bonchev–Trinajstić information content (AvgIpc) is 3.20. The highest BCUT2D eigenvalue weighted by Gasteiger charge is 2.32. The zero-order valence-electron chi connectivity index (χ0n) is 18.9. The fourth-order valence-corrected chi connectivity index (χ4v) is 3.06. The van der Waals surface area contributed by atoms with Gasteiger partial charge in [0, 0.05) is 25.0 Å². The Bertz CT molecular complexity index is 1240. The summed E-state index contributed by atoms with van der Waals surface area (Å²) < 4.78 is 56.0. The van der Waals surface area contributed by atoms with Crippen LogP contribution >= 0.6 is 0 Å². The van der Waals surface area contributed by atoms with Gasteiger partial charge < -0.3 is 15.2 Å². The number of halogens is 4. The first-order chi connectivity index (χ1) is 16.1. The maximum Gasteiger partial charge on any atom is 0.433 e. The molecule has 6 nitrogen and oxygen atoms in total. The number of nitrogens with one attached hydrogen (secondary N) is 2. The van der Waals surface area contributed by atoms with Crippen LogP contribution in [0.4, 0.5) is 29.1 Å². The summed E-state index contributed by atoms with van der Waals surface area (Å²) in [5.41, 5.74) is 0.514. The lowest BCUT2D eigenvalue weighted by atomic mass is 10.2. The molecule has 0 atom stereocenters. The summed E-state index contributed by atoms with van der Waals surface area (Å²) in [6, 6.07) is 8.60. The summed E-state index contributed by atoms with van der Waals surface area (Å²) in [6.07, 6.45) is 0.378. The minimum absolute atomic E-state index is 0.0463. The predicted octanol–water partition coefficient (Wildman–Crippen LogP) is 6.23. The number of hydrogen-bond donors (Lipinski definition) is 2. The van der Waals surface area contributed by atoms with Crippen molar-refractivity contribution in [2.75, 3.05) is 10.6 Å². The largest absolute Gasteiger partial charge is 0.433 e. The van der Waals surface area contributed by atoms with Gasteiger partial charge in [0.25, 0.3) is 0 Å². The van der Waals surface area contributed by atoms with Gasteiger partial charge >= 0.3 is 6.18 Å². The van der Waals surface area contributed by atoms with Gasteiger partial charge in [0.1, 0.15) is 11.5 Å². The molecule has 0 saturated heterocycles. The van der Waals surface area contributed by atoms with Crippen molar-refractivity contribution in [3.63, 3.8) is 0 Å². The normalized spacial score (nSPS) is 12.6. The topological polar surface area (TPSA) is 67.1 Å². The third-order valence-electron chi connectivity index (χ3n) is 4.57. The van der Waals surface area contributed by atoms with Gasteiger partial charge in [0.15, 0.2) is 11.7 Å². The Kier molecular flexibility index (Phi) is 7.50. The molecule has 3 rings (SSSR count). The second kappa shape index (κ2) is 10.3. The molecule has 34 heavy (non-hydrogen) atoms. The van der Waals surface area contributed by atoms with E-state index in [2.05, 4.69) is 32.2 Å². The monoisotopic (exact) mass is 472 g/mol. The van der Waals surface area contributed by atoms with Crippen LogP contribution in [0.25, 0.3) is 5.70 Å². The number of pyridine rings is 2. The number of allylic oxidation sites excluding steroid dienone is 2. The molecule has 3 heterocycles. The van der Waals surface area contributed by atoms with Crippen LogP contribution in [-0.2, 0) is 13.2 Å². The SMILES string of the molecule is C=C(C)Nc1cc(NC(=N/C(=C/CC)c2cccc(C(F)(F)F)n2)c2cccn2C)c(F)cn1. The number of anilines is 2. The molecule has 0 unspecified atom stereocenters. The Hall–Kier alpha value is -3.95. The number of alkyl halides is 3. The number of aliphatic imine (C=N–C) groups is 1. The fraction of sp³-hybridized carbons (Fsp3) is 0.208. The Morgan fingerprint density at radius 3 is 2.59 bits per heavy atom. The van der Waals surface area contributed by atoms with Crippen molar-refractivity contribution in [1.82, 2.24) is 14.5 Å². The minimum atomic E-state index is -4.59. The van der Waals surface area contributed by atoms with Gasteiger partial charge in [0.05, 0.1) is 29.0 Å².